The number of aromatic nitrogens is 2. The van der Waals surface area contributed by atoms with E-state index in [2.05, 4.69) is 262 Å². The molecule has 0 saturated heterocycles. The first-order valence-electron chi connectivity index (χ1n) is 21.4. The van der Waals surface area contributed by atoms with Gasteiger partial charge in [-0.25, -0.2) is 0 Å². The summed E-state index contributed by atoms with van der Waals surface area (Å²) in [6.07, 6.45) is 0. The summed E-state index contributed by atoms with van der Waals surface area (Å²) in [5, 5.41) is 4.95. The average molecular weight is 868 g/mol. The van der Waals surface area contributed by atoms with Crippen LogP contribution in [-0.2, 0) is 0 Å². The summed E-state index contributed by atoms with van der Waals surface area (Å²) in [6, 6.07) is 86.4. The number of benzene rings is 10. The molecule has 2 aromatic heterocycles. The maximum Gasteiger partial charge on any atom is 0.0547 e. The summed E-state index contributed by atoms with van der Waals surface area (Å²) in [7, 11) is 0. The Labute approximate surface area is 374 Å². The summed E-state index contributed by atoms with van der Waals surface area (Å²) >= 11 is 3.68. The summed E-state index contributed by atoms with van der Waals surface area (Å²) in [5.41, 5.74) is 18.8. The van der Waals surface area contributed by atoms with Crippen LogP contribution < -0.4 is 0 Å². The van der Waals surface area contributed by atoms with Crippen molar-refractivity contribution in [3.8, 4) is 67.0 Å². The van der Waals surface area contributed by atoms with Gasteiger partial charge in [-0.2, -0.15) is 0 Å². The molecule has 0 bridgehead atoms. The number of nitrogens with zero attached hydrogens (tertiary/aromatic N) is 2. The highest BCUT2D eigenvalue weighted by atomic mass is 79.9. The highest BCUT2D eigenvalue weighted by molar-refractivity contribution is 9.10. The van der Waals surface area contributed by atoms with Crippen molar-refractivity contribution in [1.29, 1.82) is 0 Å². The van der Waals surface area contributed by atoms with Crippen LogP contribution in [0.2, 0.25) is 0 Å². The SMILES string of the molecule is Brc1ccc(-c2cc(-c3ccc4c5ccccc5n(-c5ccccc5)c4c3)cc(-c3ccc4c5ccccc5n(-c5cc(-c6ccccc6)cc(-c6ccccc6)c5)c4c3)c2)cc1. The second kappa shape index (κ2) is 15.3. The molecule has 63 heavy (non-hydrogen) atoms. The quantitative estimate of drug-likeness (QED) is 0.151. The Morgan fingerprint density at radius 2 is 0.571 bits per heavy atom. The molecule has 2 heterocycles. The monoisotopic (exact) mass is 866 g/mol. The van der Waals surface area contributed by atoms with Crippen LogP contribution >= 0.6 is 15.9 Å². The van der Waals surface area contributed by atoms with Crippen LogP contribution in [0.25, 0.3) is 111 Å². The minimum absolute atomic E-state index is 1.06. The maximum atomic E-state index is 3.68. The smallest absolute Gasteiger partial charge is 0.0547 e. The summed E-state index contributed by atoms with van der Waals surface area (Å²) in [4.78, 5) is 0. The van der Waals surface area contributed by atoms with Crippen molar-refractivity contribution in [3.63, 3.8) is 0 Å². The lowest BCUT2D eigenvalue weighted by atomic mass is 9.92. The highest BCUT2D eigenvalue weighted by Crippen LogP contribution is 2.41. The molecule has 12 aromatic rings. The number of halogens is 1. The fourth-order valence-electron chi connectivity index (χ4n) is 9.54. The van der Waals surface area contributed by atoms with Crippen molar-refractivity contribution >= 4 is 59.5 Å². The standard InChI is InChI=1S/C60H39BrN2/c61-50-28-24-42(25-29-50)45-32-46(43-26-30-55-53-20-10-12-22-57(53)62(59(55)38-43)51-18-8-3-9-19-51)34-47(33-45)44-27-31-56-54-21-11-13-23-58(54)63(60(56)39-44)52-36-48(40-14-4-1-5-15-40)35-49(37-52)41-16-6-2-7-17-41/h1-39H. The van der Waals surface area contributed by atoms with Crippen LogP contribution in [-0.4, -0.2) is 9.13 Å². The van der Waals surface area contributed by atoms with Gasteiger partial charge in [0.1, 0.15) is 0 Å². The summed E-state index contributed by atoms with van der Waals surface area (Å²) in [5.74, 6) is 0. The van der Waals surface area contributed by atoms with Gasteiger partial charge in [0.15, 0.2) is 0 Å². The molecule has 2 nitrogen and oxygen atoms in total. The van der Waals surface area contributed by atoms with Gasteiger partial charge in [0, 0.05) is 37.4 Å². The third kappa shape index (κ3) is 6.57. The molecule has 0 amide bonds. The van der Waals surface area contributed by atoms with Gasteiger partial charge in [-0.15, -0.1) is 0 Å². The van der Waals surface area contributed by atoms with Crippen LogP contribution in [0, 0.1) is 0 Å². The van der Waals surface area contributed by atoms with Crippen LogP contribution in [0.5, 0.6) is 0 Å². The van der Waals surface area contributed by atoms with Gasteiger partial charge in [-0.3, -0.25) is 0 Å². The van der Waals surface area contributed by atoms with Crippen LogP contribution in [0.3, 0.4) is 0 Å². The maximum absolute atomic E-state index is 3.68. The van der Waals surface area contributed by atoms with Crippen LogP contribution in [0.4, 0.5) is 0 Å². The lowest BCUT2D eigenvalue weighted by Crippen LogP contribution is -1.96. The molecule has 0 spiro atoms. The van der Waals surface area contributed by atoms with Crippen molar-refractivity contribution in [2.45, 2.75) is 0 Å². The van der Waals surface area contributed by atoms with Gasteiger partial charge < -0.3 is 9.13 Å². The topological polar surface area (TPSA) is 9.86 Å². The van der Waals surface area contributed by atoms with Gasteiger partial charge >= 0.3 is 0 Å². The van der Waals surface area contributed by atoms with Gasteiger partial charge in [0.2, 0.25) is 0 Å². The first kappa shape index (κ1) is 37.1. The molecular weight excluding hydrogens is 829 g/mol. The summed E-state index contributed by atoms with van der Waals surface area (Å²) in [6.45, 7) is 0. The average Bonchev–Trinajstić information content (AvgIpc) is 3.87. The van der Waals surface area contributed by atoms with Gasteiger partial charge in [0.25, 0.3) is 0 Å². The van der Waals surface area contributed by atoms with Crippen molar-refractivity contribution < 1.29 is 0 Å². The molecule has 0 saturated carbocycles. The van der Waals surface area contributed by atoms with Crippen LogP contribution in [0.15, 0.2) is 241 Å². The first-order chi connectivity index (χ1) is 31.1. The number of para-hydroxylation sites is 3. The molecule has 0 fully saturated rings. The molecular formula is C60H39BrN2. The molecule has 3 heteroatoms. The molecule has 296 valence electrons. The number of hydrogen-bond acceptors (Lipinski definition) is 0. The largest absolute Gasteiger partial charge is 0.309 e. The van der Waals surface area contributed by atoms with Gasteiger partial charge in [-0.05, 0) is 141 Å². The number of fused-ring (bicyclic) bond motifs is 6. The second-order valence-corrected chi connectivity index (χ2v) is 17.2. The Balaban J connectivity index is 1.08. The van der Waals surface area contributed by atoms with Crippen molar-refractivity contribution in [3.05, 3.63) is 241 Å². The zero-order chi connectivity index (χ0) is 41.9. The van der Waals surface area contributed by atoms with E-state index in [1.54, 1.807) is 0 Å². The molecule has 0 aliphatic carbocycles. The minimum atomic E-state index is 1.06. The Kier molecular flexibility index (Phi) is 9.02. The molecule has 0 radical (unpaired) electrons. The Hall–Kier alpha value is -7.72. The minimum Gasteiger partial charge on any atom is -0.309 e. The molecule has 0 N–H and O–H groups in total. The molecule has 0 atom stereocenters. The highest BCUT2D eigenvalue weighted by Gasteiger charge is 2.18. The third-order valence-electron chi connectivity index (χ3n) is 12.5. The zero-order valence-electron chi connectivity index (χ0n) is 34.3. The Morgan fingerprint density at radius 1 is 0.222 bits per heavy atom. The van der Waals surface area contributed by atoms with Gasteiger partial charge in [0.05, 0.1) is 22.1 Å². The molecule has 0 aliphatic heterocycles. The van der Waals surface area contributed by atoms with E-state index in [1.165, 1.54) is 88.1 Å². The van der Waals surface area contributed by atoms with Crippen molar-refractivity contribution in [2.75, 3.05) is 0 Å². The number of rotatable bonds is 7. The zero-order valence-corrected chi connectivity index (χ0v) is 35.9. The van der Waals surface area contributed by atoms with E-state index in [9.17, 15) is 0 Å². The van der Waals surface area contributed by atoms with Crippen LogP contribution in [0.1, 0.15) is 0 Å². The first-order valence-corrected chi connectivity index (χ1v) is 22.2. The normalized spacial score (nSPS) is 11.6. The van der Waals surface area contributed by atoms with Crippen molar-refractivity contribution in [1.82, 2.24) is 9.13 Å². The second-order valence-electron chi connectivity index (χ2n) is 16.3. The summed E-state index contributed by atoms with van der Waals surface area (Å²) < 4.78 is 5.92. The Bertz CT molecular complexity index is 3600. The lowest BCUT2D eigenvalue weighted by molar-refractivity contribution is 1.18. The van der Waals surface area contributed by atoms with E-state index in [1.807, 2.05) is 0 Å². The molecule has 0 unspecified atom stereocenters. The Morgan fingerprint density at radius 3 is 1.06 bits per heavy atom. The molecule has 12 rings (SSSR count). The van der Waals surface area contributed by atoms with E-state index in [4.69, 9.17) is 0 Å². The number of hydrogen-bond donors (Lipinski definition) is 0. The lowest BCUT2D eigenvalue weighted by Gasteiger charge is -2.15. The van der Waals surface area contributed by atoms with E-state index in [-0.39, 0.29) is 0 Å². The van der Waals surface area contributed by atoms with E-state index in [0.29, 0.717) is 0 Å². The fraction of sp³-hybridized carbons (Fsp3) is 0. The predicted octanol–water partition coefficient (Wildman–Crippen LogP) is 17.0. The molecule has 10 aromatic carbocycles. The van der Waals surface area contributed by atoms with Crippen molar-refractivity contribution in [2.24, 2.45) is 0 Å². The fourth-order valence-corrected chi connectivity index (χ4v) is 9.80. The van der Waals surface area contributed by atoms with E-state index < -0.39 is 0 Å². The predicted molar refractivity (Wildman–Crippen MR) is 270 cm³/mol. The third-order valence-corrected chi connectivity index (χ3v) is 13.1. The van der Waals surface area contributed by atoms with E-state index in [0.717, 1.165) is 27.0 Å². The van der Waals surface area contributed by atoms with E-state index >= 15 is 0 Å². The molecule has 0 aliphatic rings. The van der Waals surface area contributed by atoms with Gasteiger partial charge in [-0.1, -0.05) is 168 Å².